The van der Waals surface area contributed by atoms with E-state index in [2.05, 4.69) is 5.32 Å². The fourth-order valence-corrected chi connectivity index (χ4v) is 3.43. The van der Waals surface area contributed by atoms with E-state index in [1.54, 1.807) is 6.07 Å². The van der Waals surface area contributed by atoms with Gasteiger partial charge in [-0.1, -0.05) is 54.6 Å². The van der Waals surface area contributed by atoms with Crippen molar-refractivity contribution in [3.63, 3.8) is 0 Å². The molecule has 1 amide bonds. The summed E-state index contributed by atoms with van der Waals surface area (Å²) in [5.41, 5.74) is 2.37. The van der Waals surface area contributed by atoms with E-state index in [-0.39, 0.29) is 11.7 Å². The van der Waals surface area contributed by atoms with Gasteiger partial charge in [0.2, 0.25) is 0 Å². The van der Waals surface area contributed by atoms with Gasteiger partial charge in [-0.2, -0.15) is 0 Å². The molecular weight excluding hydrogens is 367 g/mol. The van der Waals surface area contributed by atoms with Crippen LogP contribution in [0.15, 0.2) is 78.9 Å². The van der Waals surface area contributed by atoms with Crippen LogP contribution in [0.25, 0.3) is 0 Å². The van der Waals surface area contributed by atoms with Crippen molar-refractivity contribution in [2.75, 3.05) is 19.0 Å². The zero-order valence-corrected chi connectivity index (χ0v) is 16.7. The Kier molecular flexibility index (Phi) is 6.98. The smallest absolute Gasteiger partial charge is 0.287 e. The third-order valence-corrected chi connectivity index (χ3v) is 4.70. The van der Waals surface area contributed by atoms with E-state index in [1.807, 2.05) is 74.6 Å². The second-order valence-corrected chi connectivity index (χ2v) is 6.92. The summed E-state index contributed by atoms with van der Waals surface area (Å²) in [6.45, 7) is 2.93. The zero-order valence-electron chi connectivity index (χ0n) is 16.7. The van der Waals surface area contributed by atoms with Crippen LogP contribution in [0.3, 0.4) is 0 Å². The Bertz CT molecular complexity index is 946. The fraction of sp³-hybridized carbons (Fsp3) is 0.208. The molecular formula is C24H26FN2O2+. The van der Waals surface area contributed by atoms with Gasteiger partial charge >= 0.3 is 0 Å². The molecule has 3 aromatic carbocycles. The lowest BCUT2D eigenvalue weighted by atomic mass is 10.0. The Hall–Kier alpha value is -3.18. The van der Waals surface area contributed by atoms with Crippen molar-refractivity contribution in [3.05, 3.63) is 95.8 Å². The first-order valence-corrected chi connectivity index (χ1v) is 9.73. The quantitative estimate of drug-likeness (QED) is 0.614. The summed E-state index contributed by atoms with van der Waals surface area (Å²) in [5, 5.41) is 3.01. The summed E-state index contributed by atoms with van der Waals surface area (Å²) in [7, 11) is 1.94. The van der Waals surface area contributed by atoms with Crippen molar-refractivity contribution in [3.8, 4) is 5.75 Å². The van der Waals surface area contributed by atoms with E-state index in [4.69, 9.17) is 4.74 Å². The number of nitrogens with one attached hydrogen (secondary N) is 2. The van der Waals surface area contributed by atoms with Crippen molar-refractivity contribution in [2.24, 2.45) is 0 Å². The zero-order chi connectivity index (χ0) is 20.6. The van der Waals surface area contributed by atoms with E-state index in [9.17, 15) is 9.18 Å². The molecule has 0 bridgehead atoms. The average molecular weight is 393 g/mol. The van der Waals surface area contributed by atoms with Gasteiger partial charge in [-0.25, -0.2) is 4.39 Å². The molecule has 4 nitrogen and oxygen atoms in total. The van der Waals surface area contributed by atoms with Gasteiger partial charge in [0.05, 0.1) is 19.3 Å². The molecule has 0 fully saturated rings. The van der Waals surface area contributed by atoms with Crippen LogP contribution in [0.1, 0.15) is 24.1 Å². The number of anilines is 1. The van der Waals surface area contributed by atoms with Gasteiger partial charge in [0.15, 0.2) is 6.04 Å². The van der Waals surface area contributed by atoms with Gasteiger partial charge in [-0.15, -0.1) is 0 Å². The summed E-state index contributed by atoms with van der Waals surface area (Å²) in [6.07, 6.45) is 0. The number of ether oxygens (including phenoxy) is 1. The highest BCUT2D eigenvalue weighted by atomic mass is 19.1. The molecule has 5 heteroatoms. The van der Waals surface area contributed by atoms with Crippen LogP contribution in [-0.2, 0) is 11.3 Å². The van der Waals surface area contributed by atoms with Crippen molar-refractivity contribution < 1.29 is 18.8 Å². The Balaban J connectivity index is 1.86. The van der Waals surface area contributed by atoms with Crippen LogP contribution >= 0.6 is 0 Å². The van der Waals surface area contributed by atoms with Crippen molar-refractivity contribution in [1.82, 2.24) is 0 Å². The highest BCUT2D eigenvalue weighted by Crippen LogP contribution is 2.25. The normalized spacial score (nSPS) is 12.8. The van der Waals surface area contributed by atoms with Gasteiger partial charge in [0, 0.05) is 11.1 Å². The summed E-state index contributed by atoms with van der Waals surface area (Å²) < 4.78 is 19.2. The highest BCUT2D eigenvalue weighted by molar-refractivity contribution is 5.95. The first-order valence-electron chi connectivity index (χ1n) is 9.73. The van der Waals surface area contributed by atoms with Crippen LogP contribution in [0.2, 0.25) is 0 Å². The molecule has 0 spiro atoms. The van der Waals surface area contributed by atoms with Gasteiger partial charge < -0.3 is 15.0 Å². The maximum Gasteiger partial charge on any atom is 0.287 e. The lowest BCUT2D eigenvalue weighted by Crippen LogP contribution is -3.09. The molecule has 0 saturated heterocycles. The molecule has 1 unspecified atom stereocenters. The lowest BCUT2D eigenvalue weighted by molar-refractivity contribution is -0.915. The molecule has 0 saturated carbocycles. The number of carbonyl (C=O) groups is 1. The minimum absolute atomic E-state index is 0.141. The monoisotopic (exact) mass is 393 g/mol. The fourth-order valence-electron chi connectivity index (χ4n) is 3.43. The Morgan fingerprint density at radius 2 is 1.76 bits per heavy atom. The number of amides is 1. The van der Waals surface area contributed by atoms with Gasteiger partial charge in [0.1, 0.15) is 18.1 Å². The summed E-state index contributed by atoms with van der Waals surface area (Å²) >= 11 is 0. The number of hydrogen-bond donors (Lipinski definition) is 2. The molecule has 0 aromatic heterocycles. The second-order valence-electron chi connectivity index (χ2n) is 6.92. The van der Waals surface area contributed by atoms with Crippen molar-refractivity contribution in [2.45, 2.75) is 19.5 Å². The molecule has 3 rings (SSSR count). The third kappa shape index (κ3) is 5.42. The first kappa shape index (κ1) is 20.6. The number of likely N-dealkylation sites (N-methyl/N-ethyl adjacent to an activating group) is 1. The largest absolute Gasteiger partial charge is 0.492 e. The minimum Gasteiger partial charge on any atom is -0.492 e. The minimum atomic E-state index is -0.464. The number of benzene rings is 3. The highest BCUT2D eigenvalue weighted by Gasteiger charge is 2.29. The molecule has 29 heavy (non-hydrogen) atoms. The maximum atomic E-state index is 13.6. The number of halogens is 1. The van der Waals surface area contributed by atoms with Gasteiger partial charge in [0.25, 0.3) is 5.91 Å². The molecule has 0 aliphatic heterocycles. The van der Waals surface area contributed by atoms with E-state index in [0.717, 1.165) is 16.0 Å². The van der Waals surface area contributed by atoms with Crippen LogP contribution in [0, 0.1) is 5.82 Å². The molecule has 0 radical (unpaired) electrons. The van der Waals surface area contributed by atoms with Gasteiger partial charge in [-0.05, 0) is 31.2 Å². The van der Waals surface area contributed by atoms with E-state index < -0.39 is 6.04 Å². The summed E-state index contributed by atoms with van der Waals surface area (Å²) in [5.74, 6) is 0.219. The van der Waals surface area contributed by atoms with E-state index >= 15 is 0 Å². The molecule has 150 valence electrons. The first-order chi connectivity index (χ1) is 14.1. The van der Waals surface area contributed by atoms with E-state index in [1.165, 1.54) is 12.1 Å². The molecule has 0 aliphatic carbocycles. The maximum absolute atomic E-state index is 13.6. The number of hydrogen-bond acceptors (Lipinski definition) is 2. The van der Waals surface area contributed by atoms with Crippen molar-refractivity contribution >= 4 is 11.6 Å². The van der Waals surface area contributed by atoms with Crippen LogP contribution in [0.4, 0.5) is 10.1 Å². The number of para-hydroxylation sites is 2. The number of carbonyl (C=O) groups excluding carboxylic acids is 1. The van der Waals surface area contributed by atoms with Crippen LogP contribution in [-0.4, -0.2) is 19.6 Å². The Morgan fingerprint density at radius 1 is 1.03 bits per heavy atom. The Labute approximate surface area is 170 Å². The van der Waals surface area contributed by atoms with E-state index in [0.29, 0.717) is 24.6 Å². The third-order valence-electron chi connectivity index (χ3n) is 4.70. The molecule has 0 aliphatic rings. The average Bonchev–Trinajstić information content (AvgIpc) is 2.70. The molecule has 2 N–H and O–H groups in total. The molecule has 2 atom stereocenters. The van der Waals surface area contributed by atoms with Crippen molar-refractivity contribution in [1.29, 1.82) is 0 Å². The Morgan fingerprint density at radius 3 is 2.48 bits per heavy atom. The second kappa shape index (κ2) is 9.85. The standard InChI is InChI=1S/C24H25FN2O2/c1-3-29-22-15-8-7-14-21(22)26-24(28)23(19-11-5-4-6-12-19)27(2)17-18-10-9-13-20(25)16-18/h4-16,23H,3,17H2,1-2H3,(H,26,28)/p+1/t23-/m0/s1. The number of quaternary nitrogens is 1. The number of rotatable bonds is 8. The van der Waals surface area contributed by atoms with Crippen LogP contribution in [0.5, 0.6) is 5.75 Å². The molecule has 3 aromatic rings. The topological polar surface area (TPSA) is 42.8 Å². The SMILES string of the molecule is CCOc1ccccc1NC(=O)[C@H](c1ccccc1)[NH+](C)Cc1cccc(F)c1. The molecule has 0 heterocycles. The predicted molar refractivity (Wildman–Crippen MR) is 112 cm³/mol. The lowest BCUT2D eigenvalue weighted by Gasteiger charge is -2.25. The van der Waals surface area contributed by atoms with Crippen LogP contribution < -0.4 is 15.0 Å². The van der Waals surface area contributed by atoms with Gasteiger partial charge in [-0.3, -0.25) is 4.79 Å². The predicted octanol–water partition coefficient (Wildman–Crippen LogP) is 3.62. The summed E-state index contributed by atoms with van der Waals surface area (Å²) in [4.78, 5) is 14.2. The summed E-state index contributed by atoms with van der Waals surface area (Å²) in [6, 6.07) is 23.0.